The number of benzene rings is 2. The SMILES string of the molecule is CC[C@H]1CC[C@@H](Oc2ccc3cc(CCN4C5CCC4CC(C(=O)O)C5)ccc3c2C(F)(F)F)CC1. The summed E-state index contributed by atoms with van der Waals surface area (Å²) in [6, 6.07) is 9.12. The number of halogens is 3. The predicted octanol–water partition coefficient (Wildman–Crippen LogP) is 7.08. The third-order valence-electron chi connectivity index (χ3n) is 8.89. The molecule has 3 fully saturated rings. The van der Waals surface area contributed by atoms with E-state index in [-0.39, 0.29) is 23.2 Å². The molecule has 0 aromatic heterocycles. The Morgan fingerprint density at radius 3 is 2.33 bits per heavy atom. The van der Waals surface area contributed by atoms with Gasteiger partial charge in [0.05, 0.1) is 12.0 Å². The monoisotopic (exact) mass is 503 g/mol. The topological polar surface area (TPSA) is 49.8 Å². The fourth-order valence-corrected chi connectivity index (χ4v) is 6.84. The Balaban J connectivity index is 1.31. The Kier molecular flexibility index (Phi) is 7.21. The number of hydrogen-bond donors (Lipinski definition) is 1. The van der Waals surface area contributed by atoms with Gasteiger partial charge >= 0.3 is 12.1 Å². The van der Waals surface area contributed by atoms with Crippen LogP contribution < -0.4 is 4.74 Å². The normalized spacial score (nSPS) is 28.9. The first-order valence-corrected chi connectivity index (χ1v) is 13.5. The molecule has 2 saturated heterocycles. The highest BCUT2D eigenvalue weighted by molar-refractivity contribution is 5.89. The van der Waals surface area contributed by atoms with Crippen molar-refractivity contribution in [2.24, 2.45) is 11.8 Å². The highest BCUT2D eigenvalue weighted by Gasteiger charge is 2.42. The van der Waals surface area contributed by atoms with E-state index in [0.717, 1.165) is 63.5 Å². The zero-order chi connectivity index (χ0) is 25.4. The molecular formula is C29H36F3NO3. The van der Waals surface area contributed by atoms with Crippen LogP contribution in [0.3, 0.4) is 0 Å². The predicted molar refractivity (Wildman–Crippen MR) is 133 cm³/mol. The molecule has 1 N–H and O–H groups in total. The fraction of sp³-hybridized carbons (Fsp3) is 0.621. The zero-order valence-electron chi connectivity index (χ0n) is 20.9. The molecule has 2 aromatic carbocycles. The number of piperidine rings is 1. The first-order chi connectivity index (χ1) is 17.2. The van der Waals surface area contributed by atoms with Crippen LogP contribution >= 0.6 is 0 Å². The first-order valence-electron chi connectivity index (χ1n) is 13.5. The molecule has 0 amide bonds. The van der Waals surface area contributed by atoms with Gasteiger partial charge in [-0.3, -0.25) is 9.69 Å². The van der Waals surface area contributed by atoms with Crippen molar-refractivity contribution >= 4 is 16.7 Å². The van der Waals surface area contributed by atoms with Crippen molar-refractivity contribution in [2.75, 3.05) is 6.54 Å². The number of hydrogen-bond acceptors (Lipinski definition) is 3. The molecule has 196 valence electrons. The number of carbonyl (C=O) groups is 1. The van der Waals surface area contributed by atoms with Gasteiger partial charge in [-0.15, -0.1) is 0 Å². The van der Waals surface area contributed by atoms with Gasteiger partial charge in [-0.2, -0.15) is 13.2 Å². The van der Waals surface area contributed by atoms with Gasteiger partial charge in [0.1, 0.15) is 11.3 Å². The maximum Gasteiger partial charge on any atom is 0.420 e. The Bertz CT molecular complexity index is 1080. The summed E-state index contributed by atoms with van der Waals surface area (Å²) in [6.07, 6.45) is 4.27. The lowest BCUT2D eigenvalue weighted by Gasteiger charge is -2.37. The molecule has 0 spiro atoms. The van der Waals surface area contributed by atoms with Gasteiger partial charge < -0.3 is 9.84 Å². The van der Waals surface area contributed by atoms with E-state index in [2.05, 4.69) is 11.8 Å². The van der Waals surface area contributed by atoms with E-state index in [1.807, 2.05) is 6.07 Å². The van der Waals surface area contributed by atoms with Crippen LogP contribution in [0, 0.1) is 11.8 Å². The molecule has 4 nitrogen and oxygen atoms in total. The summed E-state index contributed by atoms with van der Waals surface area (Å²) in [5.41, 5.74) is 0.333. The standard InChI is InChI=1S/C29H36F3NO3/c1-2-18-3-9-24(10-4-18)36-26-12-6-20-15-19(5-11-25(20)27(26)29(30,31)32)13-14-33-22-7-8-23(33)17-21(16-22)28(34)35/h5-6,11-12,15,18,21-24H,2-4,7-10,13-14,16-17H2,1H3,(H,34,35)/t18-,21?,22?,23?,24+. The van der Waals surface area contributed by atoms with Gasteiger partial charge in [0, 0.05) is 18.6 Å². The van der Waals surface area contributed by atoms with Crippen LogP contribution in [0.25, 0.3) is 10.8 Å². The van der Waals surface area contributed by atoms with Gasteiger partial charge in [-0.1, -0.05) is 37.6 Å². The van der Waals surface area contributed by atoms with Crippen LogP contribution in [0.2, 0.25) is 0 Å². The molecule has 5 rings (SSSR count). The minimum atomic E-state index is -4.50. The van der Waals surface area contributed by atoms with Crippen molar-refractivity contribution in [3.63, 3.8) is 0 Å². The van der Waals surface area contributed by atoms with Gasteiger partial charge in [0.2, 0.25) is 0 Å². The minimum Gasteiger partial charge on any atom is -0.490 e. The third-order valence-corrected chi connectivity index (χ3v) is 8.89. The van der Waals surface area contributed by atoms with E-state index in [1.54, 1.807) is 18.2 Å². The highest BCUT2D eigenvalue weighted by atomic mass is 19.4. The molecular weight excluding hydrogens is 467 g/mol. The van der Waals surface area contributed by atoms with E-state index in [1.165, 1.54) is 6.07 Å². The number of carboxylic acids is 1. The number of fused-ring (bicyclic) bond motifs is 3. The average molecular weight is 504 g/mol. The van der Waals surface area contributed by atoms with Crippen LogP contribution in [-0.4, -0.2) is 40.7 Å². The Morgan fingerprint density at radius 2 is 1.72 bits per heavy atom. The van der Waals surface area contributed by atoms with Crippen LogP contribution in [0.1, 0.15) is 75.8 Å². The third kappa shape index (κ3) is 5.22. The molecule has 0 radical (unpaired) electrons. The molecule has 2 unspecified atom stereocenters. The van der Waals surface area contributed by atoms with Crippen LogP contribution in [0.4, 0.5) is 13.2 Å². The second kappa shape index (κ2) is 10.2. The lowest BCUT2D eigenvalue weighted by atomic mass is 9.86. The van der Waals surface area contributed by atoms with Crippen molar-refractivity contribution in [1.29, 1.82) is 0 Å². The Hall–Kier alpha value is -2.28. The van der Waals surface area contributed by atoms with E-state index in [4.69, 9.17) is 4.74 Å². The zero-order valence-corrected chi connectivity index (χ0v) is 20.9. The second-order valence-electron chi connectivity index (χ2n) is 11.0. The van der Waals surface area contributed by atoms with Gasteiger partial charge in [0.25, 0.3) is 0 Å². The maximum atomic E-state index is 14.2. The summed E-state index contributed by atoms with van der Waals surface area (Å²) in [6.45, 7) is 2.97. The van der Waals surface area contributed by atoms with Crippen molar-refractivity contribution in [3.05, 3.63) is 41.5 Å². The summed E-state index contributed by atoms with van der Waals surface area (Å²) < 4.78 is 48.5. The molecule has 2 bridgehead atoms. The van der Waals surface area contributed by atoms with Gasteiger partial charge in [-0.05, 0) is 86.1 Å². The lowest BCUT2D eigenvalue weighted by molar-refractivity contribution is -0.144. The van der Waals surface area contributed by atoms with E-state index >= 15 is 0 Å². The molecule has 7 heteroatoms. The summed E-state index contributed by atoms with van der Waals surface area (Å²) in [5.74, 6) is -0.349. The Morgan fingerprint density at radius 1 is 1.03 bits per heavy atom. The smallest absolute Gasteiger partial charge is 0.420 e. The molecule has 36 heavy (non-hydrogen) atoms. The van der Waals surface area contributed by atoms with Crippen LogP contribution in [0.5, 0.6) is 5.75 Å². The molecule has 2 aliphatic heterocycles. The average Bonchev–Trinajstić information content (AvgIpc) is 3.08. The van der Waals surface area contributed by atoms with Crippen molar-refractivity contribution in [2.45, 2.75) is 95.5 Å². The molecule has 1 saturated carbocycles. The quantitative estimate of drug-likeness (QED) is 0.439. The van der Waals surface area contributed by atoms with E-state index in [0.29, 0.717) is 36.2 Å². The fourth-order valence-electron chi connectivity index (χ4n) is 6.84. The number of ether oxygens (including phenoxy) is 1. The number of carboxylic acid groups (broad SMARTS) is 1. The number of aliphatic carboxylic acids is 1. The second-order valence-corrected chi connectivity index (χ2v) is 11.0. The highest BCUT2D eigenvalue weighted by Crippen LogP contribution is 2.43. The maximum absolute atomic E-state index is 14.2. The van der Waals surface area contributed by atoms with E-state index in [9.17, 15) is 23.1 Å². The van der Waals surface area contributed by atoms with E-state index < -0.39 is 17.7 Å². The number of nitrogens with zero attached hydrogens (tertiary/aromatic N) is 1. The summed E-state index contributed by atoms with van der Waals surface area (Å²) in [5, 5.41) is 10.2. The molecule has 2 atom stereocenters. The van der Waals surface area contributed by atoms with Crippen molar-refractivity contribution < 1.29 is 27.8 Å². The minimum absolute atomic E-state index is 0.0550. The van der Waals surface area contributed by atoms with Gasteiger partial charge in [-0.25, -0.2) is 0 Å². The molecule has 1 aliphatic carbocycles. The molecule has 2 heterocycles. The van der Waals surface area contributed by atoms with Gasteiger partial charge in [0.15, 0.2) is 0 Å². The van der Waals surface area contributed by atoms with Crippen molar-refractivity contribution in [3.8, 4) is 5.75 Å². The largest absolute Gasteiger partial charge is 0.490 e. The lowest BCUT2D eigenvalue weighted by Crippen LogP contribution is -2.45. The molecule has 2 aromatic rings. The number of alkyl halides is 3. The summed E-state index contributed by atoms with van der Waals surface area (Å²) >= 11 is 0. The van der Waals surface area contributed by atoms with Crippen LogP contribution in [-0.2, 0) is 17.4 Å². The van der Waals surface area contributed by atoms with Crippen LogP contribution in [0.15, 0.2) is 30.3 Å². The first kappa shape index (κ1) is 25.4. The van der Waals surface area contributed by atoms with Crippen molar-refractivity contribution in [1.82, 2.24) is 4.90 Å². The summed E-state index contributed by atoms with van der Waals surface area (Å²) in [4.78, 5) is 13.9. The summed E-state index contributed by atoms with van der Waals surface area (Å²) in [7, 11) is 0. The molecule has 3 aliphatic rings. The Labute approximate surface area is 210 Å². The number of rotatable bonds is 7.